The van der Waals surface area contributed by atoms with Crippen molar-refractivity contribution in [3.63, 3.8) is 0 Å². The minimum absolute atomic E-state index is 0.326. The average Bonchev–Trinajstić information content (AvgIpc) is 2.85. The van der Waals surface area contributed by atoms with Crippen molar-refractivity contribution in [1.29, 1.82) is 5.26 Å². The molecule has 0 radical (unpaired) electrons. The van der Waals surface area contributed by atoms with Crippen LogP contribution in [-0.2, 0) is 6.54 Å². The predicted octanol–water partition coefficient (Wildman–Crippen LogP) is 4.84. The van der Waals surface area contributed by atoms with Crippen LogP contribution in [0.3, 0.4) is 0 Å². The smallest absolute Gasteiger partial charge is 0.364 e. The Morgan fingerprint density at radius 1 is 1.06 bits per heavy atom. The fourth-order valence-electron chi connectivity index (χ4n) is 4.03. The first-order chi connectivity index (χ1) is 16.7. The van der Waals surface area contributed by atoms with Crippen LogP contribution in [0.5, 0.6) is 0 Å². The highest BCUT2D eigenvalue weighted by Gasteiger charge is 2.32. The van der Waals surface area contributed by atoms with E-state index in [0.717, 1.165) is 27.6 Å². The number of benzene rings is 1. The Bertz CT molecular complexity index is 1200. The first-order valence-corrected chi connectivity index (χ1v) is 11.6. The van der Waals surface area contributed by atoms with Gasteiger partial charge in [0, 0.05) is 49.7 Å². The molecule has 1 saturated heterocycles. The van der Waals surface area contributed by atoms with Gasteiger partial charge >= 0.3 is 6.18 Å². The largest absolute Gasteiger partial charge is 0.401 e. The van der Waals surface area contributed by atoms with Gasteiger partial charge in [0.2, 0.25) is 0 Å². The first kappa shape index (κ1) is 26.2. The van der Waals surface area contributed by atoms with E-state index >= 15 is 0 Å². The van der Waals surface area contributed by atoms with Crippen molar-refractivity contribution in [3.05, 3.63) is 52.8 Å². The molecule has 1 aliphatic heterocycles. The van der Waals surface area contributed by atoms with Gasteiger partial charge in [0.1, 0.15) is 5.82 Å². The lowest BCUT2D eigenvalue weighted by Gasteiger charge is -2.35. The number of pyridine rings is 1. The van der Waals surface area contributed by atoms with Crippen molar-refractivity contribution >= 4 is 22.4 Å². The summed E-state index contributed by atoms with van der Waals surface area (Å²) in [5.41, 5.74) is 3.27. The molecule has 1 N–H and O–H groups in total. The third-order valence-corrected chi connectivity index (χ3v) is 5.95. The molecule has 0 saturated carbocycles. The Morgan fingerprint density at radius 3 is 2.43 bits per heavy atom. The maximum Gasteiger partial charge on any atom is 0.401 e. The SMILES string of the molecule is CC.Cc1c(C#N)cccc1CNc1nnc(C)c2cnc(N3CCN(CC(F)(F)F)CC3)cc12. The molecular formula is C25H30F3N7. The molecule has 0 spiro atoms. The average molecular weight is 486 g/mol. The van der Waals surface area contributed by atoms with E-state index in [-0.39, 0.29) is 0 Å². The van der Waals surface area contributed by atoms with Crippen LogP contribution in [-0.4, -0.2) is 59.0 Å². The maximum absolute atomic E-state index is 12.7. The maximum atomic E-state index is 12.7. The van der Waals surface area contributed by atoms with Gasteiger partial charge in [0.05, 0.1) is 23.9 Å². The lowest BCUT2D eigenvalue weighted by molar-refractivity contribution is -0.146. The quantitative estimate of drug-likeness (QED) is 0.554. The van der Waals surface area contributed by atoms with Gasteiger partial charge in [0.15, 0.2) is 5.82 Å². The summed E-state index contributed by atoms with van der Waals surface area (Å²) < 4.78 is 38.0. The van der Waals surface area contributed by atoms with Crippen LogP contribution in [0.2, 0.25) is 0 Å². The number of hydrogen-bond donors (Lipinski definition) is 1. The zero-order valence-electron chi connectivity index (χ0n) is 20.4. The summed E-state index contributed by atoms with van der Waals surface area (Å²) >= 11 is 0. The van der Waals surface area contributed by atoms with Gasteiger partial charge in [0.25, 0.3) is 0 Å². The number of anilines is 2. The Balaban J connectivity index is 0.00000167. The Labute approximate surface area is 203 Å². The van der Waals surface area contributed by atoms with Crippen LogP contribution in [0.1, 0.15) is 36.2 Å². The molecule has 0 aliphatic carbocycles. The molecule has 186 valence electrons. The van der Waals surface area contributed by atoms with E-state index in [1.54, 1.807) is 12.3 Å². The molecule has 1 aromatic carbocycles. The number of aryl methyl sites for hydroxylation is 1. The van der Waals surface area contributed by atoms with E-state index in [1.165, 1.54) is 4.90 Å². The zero-order valence-corrected chi connectivity index (χ0v) is 20.4. The van der Waals surface area contributed by atoms with E-state index < -0.39 is 12.7 Å². The van der Waals surface area contributed by atoms with Gasteiger partial charge in [-0.3, -0.25) is 4.90 Å². The second-order valence-corrected chi connectivity index (χ2v) is 8.16. The number of alkyl halides is 3. The van der Waals surface area contributed by atoms with Crippen molar-refractivity contribution in [2.75, 3.05) is 42.9 Å². The molecule has 1 aliphatic rings. The number of piperazine rings is 1. The molecule has 1 fully saturated rings. The van der Waals surface area contributed by atoms with Crippen molar-refractivity contribution in [1.82, 2.24) is 20.1 Å². The van der Waals surface area contributed by atoms with Crippen LogP contribution >= 0.6 is 0 Å². The van der Waals surface area contributed by atoms with Gasteiger partial charge in [-0.15, -0.1) is 5.10 Å². The molecule has 10 heteroatoms. The van der Waals surface area contributed by atoms with Crippen LogP contribution in [0.15, 0.2) is 30.5 Å². The molecule has 3 aromatic rings. The van der Waals surface area contributed by atoms with Gasteiger partial charge in [-0.1, -0.05) is 26.0 Å². The third kappa shape index (κ3) is 6.36. The Morgan fingerprint density at radius 2 is 1.77 bits per heavy atom. The van der Waals surface area contributed by atoms with Crippen LogP contribution < -0.4 is 10.2 Å². The van der Waals surface area contributed by atoms with Gasteiger partial charge in [-0.05, 0) is 37.1 Å². The lowest BCUT2D eigenvalue weighted by Crippen LogP contribution is -2.49. The highest BCUT2D eigenvalue weighted by Crippen LogP contribution is 2.28. The van der Waals surface area contributed by atoms with Gasteiger partial charge < -0.3 is 10.2 Å². The fraction of sp³-hybridized carbons (Fsp3) is 0.440. The van der Waals surface area contributed by atoms with E-state index in [0.29, 0.717) is 49.9 Å². The number of fused-ring (bicyclic) bond motifs is 1. The first-order valence-electron chi connectivity index (χ1n) is 11.6. The highest BCUT2D eigenvalue weighted by molar-refractivity contribution is 5.94. The molecule has 0 atom stereocenters. The normalized spacial score (nSPS) is 14.3. The number of aromatic nitrogens is 3. The topological polar surface area (TPSA) is 81.0 Å². The molecule has 35 heavy (non-hydrogen) atoms. The standard InChI is InChI=1S/C23H24F3N7.C2H6/c1-15-17(11-27)4-3-5-18(15)12-29-22-19-10-21(28-13-20(19)16(2)30-31-22)33-8-6-32(7-9-33)14-23(24,25)26;1-2/h3-5,10,13H,6-9,12,14H2,1-2H3,(H,29,31);1-2H3. The molecule has 0 amide bonds. The van der Waals surface area contributed by atoms with E-state index in [9.17, 15) is 18.4 Å². The third-order valence-electron chi connectivity index (χ3n) is 5.95. The number of rotatable bonds is 5. The minimum atomic E-state index is -4.19. The van der Waals surface area contributed by atoms with E-state index in [4.69, 9.17) is 0 Å². The number of hydrogen-bond acceptors (Lipinski definition) is 7. The summed E-state index contributed by atoms with van der Waals surface area (Å²) in [6.07, 6.45) is -2.45. The zero-order chi connectivity index (χ0) is 25.6. The van der Waals surface area contributed by atoms with Crippen molar-refractivity contribution in [2.24, 2.45) is 0 Å². The minimum Gasteiger partial charge on any atom is -0.364 e. The molecule has 4 rings (SSSR count). The molecule has 2 aromatic heterocycles. The molecule has 0 unspecified atom stereocenters. The van der Waals surface area contributed by atoms with Crippen LogP contribution in [0, 0.1) is 25.2 Å². The second-order valence-electron chi connectivity index (χ2n) is 8.16. The van der Waals surface area contributed by atoms with E-state index in [1.807, 2.05) is 50.8 Å². The molecule has 0 bridgehead atoms. The Hall–Kier alpha value is -3.45. The molecule has 3 heterocycles. The van der Waals surface area contributed by atoms with Gasteiger partial charge in [-0.2, -0.15) is 23.5 Å². The Kier molecular flexibility index (Phi) is 8.46. The predicted molar refractivity (Wildman–Crippen MR) is 131 cm³/mol. The number of nitrogens with one attached hydrogen (secondary N) is 1. The summed E-state index contributed by atoms with van der Waals surface area (Å²) in [6, 6.07) is 9.70. The van der Waals surface area contributed by atoms with Crippen LogP contribution in [0.4, 0.5) is 24.8 Å². The summed E-state index contributed by atoms with van der Waals surface area (Å²) in [5.74, 6) is 1.30. The number of nitriles is 1. The number of halogens is 3. The second kappa shape index (κ2) is 11.3. The monoisotopic (exact) mass is 485 g/mol. The van der Waals surface area contributed by atoms with E-state index in [2.05, 4.69) is 26.6 Å². The van der Waals surface area contributed by atoms with Crippen molar-refractivity contribution < 1.29 is 13.2 Å². The number of nitrogens with zero attached hydrogens (tertiary/aromatic N) is 6. The van der Waals surface area contributed by atoms with Gasteiger partial charge in [-0.25, -0.2) is 4.98 Å². The van der Waals surface area contributed by atoms with Crippen molar-refractivity contribution in [3.8, 4) is 6.07 Å². The summed E-state index contributed by atoms with van der Waals surface area (Å²) in [5, 5.41) is 22.8. The summed E-state index contributed by atoms with van der Waals surface area (Å²) in [6.45, 7) is 8.94. The highest BCUT2D eigenvalue weighted by atomic mass is 19.4. The summed E-state index contributed by atoms with van der Waals surface area (Å²) in [4.78, 5) is 7.95. The van der Waals surface area contributed by atoms with Crippen LogP contribution in [0.25, 0.3) is 10.8 Å². The summed E-state index contributed by atoms with van der Waals surface area (Å²) in [7, 11) is 0. The van der Waals surface area contributed by atoms with Crippen molar-refractivity contribution in [2.45, 2.75) is 40.4 Å². The molecular weight excluding hydrogens is 455 g/mol. The lowest BCUT2D eigenvalue weighted by atomic mass is 10.0. The fourth-order valence-corrected chi connectivity index (χ4v) is 4.03. The molecule has 7 nitrogen and oxygen atoms in total.